The topological polar surface area (TPSA) is 50.8 Å². The Morgan fingerprint density at radius 1 is 1.05 bits per heavy atom. The molecule has 4 nitrogen and oxygen atoms in total. The lowest BCUT2D eigenvalue weighted by atomic mass is 10.1. The highest BCUT2D eigenvalue weighted by molar-refractivity contribution is 5.70. The number of pyridine rings is 1. The third-order valence-electron chi connectivity index (χ3n) is 3.09. The number of nitrogens with zero attached hydrogens (tertiary/aromatic N) is 2. The van der Waals surface area contributed by atoms with E-state index in [2.05, 4.69) is 15.0 Å². The molecule has 0 amide bonds. The Kier molecular flexibility index (Phi) is 3.01. The van der Waals surface area contributed by atoms with Gasteiger partial charge in [0.05, 0.1) is 5.52 Å². The lowest BCUT2D eigenvalue weighted by molar-refractivity contribution is 0.130. The van der Waals surface area contributed by atoms with Crippen molar-refractivity contribution in [1.82, 2.24) is 15.0 Å². The molecule has 1 unspecified atom stereocenters. The fraction of sp³-hybridized carbons (Fsp3) is 0.200. The molecule has 4 heteroatoms. The summed E-state index contributed by atoms with van der Waals surface area (Å²) in [4.78, 5) is 12.2. The van der Waals surface area contributed by atoms with E-state index in [1.807, 2.05) is 49.4 Å². The van der Waals surface area contributed by atoms with E-state index in [1.165, 1.54) is 0 Å². The van der Waals surface area contributed by atoms with E-state index in [9.17, 15) is 0 Å². The van der Waals surface area contributed by atoms with Crippen LogP contribution in [0.3, 0.4) is 0 Å². The first-order chi connectivity index (χ1) is 9.28. The van der Waals surface area contributed by atoms with E-state index in [1.54, 1.807) is 7.11 Å². The highest BCUT2D eigenvalue weighted by Crippen LogP contribution is 2.24. The maximum atomic E-state index is 5.56. The first-order valence-electron chi connectivity index (χ1n) is 6.19. The van der Waals surface area contributed by atoms with E-state index in [4.69, 9.17) is 4.74 Å². The number of hydrogen-bond acceptors (Lipinski definition) is 3. The normalized spacial score (nSPS) is 12.7. The number of ether oxygens (including phenoxy) is 1. The molecule has 19 heavy (non-hydrogen) atoms. The third kappa shape index (κ3) is 2.22. The van der Waals surface area contributed by atoms with Crippen molar-refractivity contribution in [1.29, 1.82) is 0 Å². The van der Waals surface area contributed by atoms with Crippen LogP contribution in [0.15, 0.2) is 42.5 Å². The van der Waals surface area contributed by atoms with Crippen molar-refractivity contribution in [3.8, 4) is 0 Å². The van der Waals surface area contributed by atoms with Crippen molar-refractivity contribution in [3.05, 3.63) is 59.5 Å². The molecule has 0 bridgehead atoms. The third-order valence-corrected chi connectivity index (χ3v) is 3.09. The van der Waals surface area contributed by atoms with Gasteiger partial charge in [-0.25, -0.2) is 9.97 Å². The number of nitrogens with one attached hydrogen (secondary N) is 1. The quantitative estimate of drug-likeness (QED) is 0.780. The number of rotatable bonds is 3. The monoisotopic (exact) mass is 253 g/mol. The molecule has 1 N–H and O–H groups in total. The summed E-state index contributed by atoms with van der Waals surface area (Å²) in [5, 5.41) is 0. The molecule has 96 valence electrons. The zero-order valence-corrected chi connectivity index (χ0v) is 10.9. The van der Waals surface area contributed by atoms with Crippen molar-refractivity contribution in [2.75, 3.05) is 7.11 Å². The molecule has 0 saturated carbocycles. The number of methoxy groups -OCH3 is 1. The molecule has 0 spiro atoms. The van der Waals surface area contributed by atoms with Gasteiger partial charge in [-0.05, 0) is 24.6 Å². The van der Waals surface area contributed by atoms with Crippen LogP contribution in [0.4, 0.5) is 0 Å². The molecule has 3 aromatic rings. The van der Waals surface area contributed by atoms with Gasteiger partial charge in [0, 0.05) is 12.8 Å². The number of benzene rings is 1. The van der Waals surface area contributed by atoms with E-state index in [-0.39, 0.29) is 6.10 Å². The maximum Gasteiger partial charge on any atom is 0.178 e. The van der Waals surface area contributed by atoms with Crippen molar-refractivity contribution < 1.29 is 4.74 Å². The van der Waals surface area contributed by atoms with Crippen LogP contribution in [0.2, 0.25) is 0 Å². The summed E-state index contributed by atoms with van der Waals surface area (Å²) in [6.45, 7) is 1.96. The van der Waals surface area contributed by atoms with E-state index >= 15 is 0 Å². The first kappa shape index (κ1) is 11.9. The Balaban J connectivity index is 2.07. The minimum Gasteiger partial charge on any atom is -0.369 e. The predicted molar refractivity (Wildman–Crippen MR) is 73.9 cm³/mol. The fourth-order valence-electron chi connectivity index (χ4n) is 2.16. The van der Waals surface area contributed by atoms with Gasteiger partial charge in [0.15, 0.2) is 5.65 Å². The van der Waals surface area contributed by atoms with Gasteiger partial charge in [-0.2, -0.15) is 0 Å². The minimum atomic E-state index is -0.198. The molecule has 0 aliphatic carbocycles. The van der Waals surface area contributed by atoms with Gasteiger partial charge in [-0.3, -0.25) is 0 Å². The van der Waals surface area contributed by atoms with Gasteiger partial charge in [0.1, 0.15) is 11.9 Å². The van der Waals surface area contributed by atoms with Crippen LogP contribution in [0.25, 0.3) is 11.2 Å². The van der Waals surface area contributed by atoms with Crippen LogP contribution in [-0.4, -0.2) is 22.1 Å². The van der Waals surface area contributed by atoms with Crippen molar-refractivity contribution in [2.24, 2.45) is 0 Å². The van der Waals surface area contributed by atoms with Crippen LogP contribution in [0, 0.1) is 6.92 Å². The number of fused-ring (bicyclic) bond motifs is 1. The van der Waals surface area contributed by atoms with Gasteiger partial charge < -0.3 is 9.72 Å². The van der Waals surface area contributed by atoms with Gasteiger partial charge in [-0.1, -0.05) is 30.3 Å². The maximum absolute atomic E-state index is 5.56. The molecule has 0 aliphatic heterocycles. The van der Waals surface area contributed by atoms with Crippen LogP contribution in [0.5, 0.6) is 0 Å². The highest BCUT2D eigenvalue weighted by Gasteiger charge is 2.17. The van der Waals surface area contributed by atoms with Crippen molar-refractivity contribution in [3.63, 3.8) is 0 Å². The molecule has 0 saturated heterocycles. The van der Waals surface area contributed by atoms with Crippen molar-refractivity contribution >= 4 is 11.2 Å². The number of imidazole rings is 1. The van der Waals surface area contributed by atoms with Gasteiger partial charge in [0.2, 0.25) is 0 Å². The number of aromatic amines is 1. The van der Waals surface area contributed by atoms with Crippen LogP contribution in [-0.2, 0) is 4.74 Å². The lowest BCUT2D eigenvalue weighted by Crippen LogP contribution is -2.05. The average Bonchev–Trinajstić information content (AvgIpc) is 2.83. The molecule has 2 heterocycles. The Bertz CT molecular complexity index is 691. The second-order valence-corrected chi connectivity index (χ2v) is 4.47. The van der Waals surface area contributed by atoms with E-state index < -0.39 is 0 Å². The Morgan fingerprint density at radius 3 is 2.58 bits per heavy atom. The zero-order chi connectivity index (χ0) is 13.2. The number of aryl methyl sites for hydroxylation is 1. The summed E-state index contributed by atoms with van der Waals surface area (Å²) >= 11 is 0. The number of aromatic nitrogens is 3. The molecule has 1 atom stereocenters. The Hall–Kier alpha value is -2.20. The summed E-state index contributed by atoms with van der Waals surface area (Å²) < 4.78 is 5.56. The predicted octanol–water partition coefficient (Wildman–Crippen LogP) is 3.00. The van der Waals surface area contributed by atoms with Crippen LogP contribution < -0.4 is 0 Å². The molecular formula is C15H15N3O. The molecule has 0 aliphatic rings. The average molecular weight is 253 g/mol. The second kappa shape index (κ2) is 4.82. The molecule has 3 rings (SSSR count). The summed E-state index contributed by atoms with van der Waals surface area (Å²) in [7, 11) is 1.68. The lowest BCUT2D eigenvalue weighted by Gasteiger charge is -2.12. The summed E-state index contributed by atoms with van der Waals surface area (Å²) in [5.41, 5.74) is 3.69. The van der Waals surface area contributed by atoms with Gasteiger partial charge in [0.25, 0.3) is 0 Å². The molecule has 0 fully saturated rings. The zero-order valence-electron chi connectivity index (χ0n) is 10.9. The van der Waals surface area contributed by atoms with Crippen LogP contribution in [0.1, 0.15) is 23.2 Å². The first-order valence-corrected chi connectivity index (χ1v) is 6.19. The van der Waals surface area contributed by atoms with E-state index in [0.29, 0.717) is 0 Å². The molecular weight excluding hydrogens is 238 g/mol. The smallest absolute Gasteiger partial charge is 0.178 e. The summed E-state index contributed by atoms with van der Waals surface area (Å²) in [5.74, 6) is 0.779. The standard InChI is InChI=1S/C15H15N3O/c1-10-8-9-12-14(16-10)18-15(17-12)13(19-2)11-6-4-3-5-7-11/h3-9,13H,1-2H3,(H,16,17,18). The summed E-state index contributed by atoms with van der Waals surface area (Å²) in [6, 6.07) is 14.0. The number of H-pyrrole nitrogens is 1. The largest absolute Gasteiger partial charge is 0.369 e. The SMILES string of the molecule is COC(c1ccccc1)c1nc2nc(C)ccc2[nH]1. The Labute approximate surface area is 111 Å². The fourth-order valence-corrected chi connectivity index (χ4v) is 2.16. The summed E-state index contributed by atoms with van der Waals surface area (Å²) in [6.07, 6.45) is -0.198. The second-order valence-electron chi connectivity index (χ2n) is 4.47. The van der Waals surface area contributed by atoms with Crippen molar-refractivity contribution in [2.45, 2.75) is 13.0 Å². The van der Waals surface area contributed by atoms with E-state index in [0.717, 1.165) is 28.2 Å². The molecule has 0 radical (unpaired) electrons. The van der Waals surface area contributed by atoms with Crippen LogP contribution >= 0.6 is 0 Å². The van der Waals surface area contributed by atoms with Gasteiger partial charge in [-0.15, -0.1) is 0 Å². The van der Waals surface area contributed by atoms with Gasteiger partial charge >= 0.3 is 0 Å². The molecule has 2 aromatic heterocycles. The Morgan fingerprint density at radius 2 is 1.84 bits per heavy atom. The molecule has 1 aromatic carbocycles. The minimum absolute atomic E-state index is 0.198. The highest BCUT2D eigenvalue weighted by atomic mass is 16.5. The number of hydrogen-bond donors (Lipinski definition) is 1.